The van der Waals surface area contributed by atoms with Crippen molar-refractivity contribution in [2.24, 2.45) is 5.92 Å². The van der Waals surface area contributed by atoms with Crippen molar-refractivity contribution in [2.75, 3.05) is 23.3 Å². The fourth-order valence-electron chi connectivity index (χ4n) is 3.63. The van der Waals surface area contributed by atoms with E-state index in [1.807, 2.05) is 18.2 Å². The molecule has 0 saturated carbocycles. The number of piperidine rings is 1. The number of aromatic nitrogens is 6. The minimum atomic E-state index is -0.0355. The van der Waals surface area contributed by atoms with E-state index in [0.717, 1.165) is 42.0 Å². The lowest BCUT2D eigenvalue weighted by Gasteiger charge is -2.32. The highest BCUT2D eigenvalue weighted by molar-refractivity contribution is 7.22. The maximum Gasteiger partial charge on any atom is 0.229 e. The van der Waals surface area contributed by atoms with Gasteiger partial charge in [-0.05, 0) is 37.5 Å². The van der Waals surface area contributed by atoms with Crippen molar-refractivity contribution in [2.45, 2.75) is 19.8 Å². The van der Waals surface area contributed by atoms with E-state index in [1.165, 1.54) is 29.6 Å². The minimum absolute atomic E-state index is 0.0355. The average Bonchev–Trinajstić information content (AvgIpc) is 3.43. The Morgan fingerprint density at radius 1 is 1.13 bits per heavy atom. The molecule has 9 nitrogen and oxygen atoms in total. The smallest absolute Gasteiger partial charge is 0.229 e. The van der Waals surface area contributed by atoms with E-state index < -0.39 is 0 Å². The van der Waals surface area contributed by atoms with Gasteiger partial charge in [0.05, 0.1) is 10.2 Å². The molecule has 1 aromatic carbocycles. The van der Waals surface area contributed by atoms with Gasteiger partial charge in [0.1, 0.15) is 24.8 Å². The van der Waals surface area contributed by atoms with Gasteiger partial charge in [-0.1, -0.05) is 17.4 Å². The Kier molecular flexibility index (Phi) is 4.83. The number of hydrogen-bond donors (Lipinski definition) is 1. The highest BCUT2D eigenvalue weighted by Gasteiger charge is 2.26. The summed E-state index contributed by atoms with van der Waals surface area (Å²) < 4.78 is 2.69. The predicted molar refractivity (Wildman–Crippen MR) is 115 cm³/mol. The molecular weight excluding hydrogens is 400 g/mol. The van der Waals surface area contributed by atoms with Gasteiger partial charge in [0.2, 0.25) is 5.91 Å². The summed E-state index contributed by atoms with van der Waals surface area (Å²) in [5.74, 6) is 1.50. The Balaban J connectivity index is 1.22. The van der Waals surface area contributed by atoms with E-state index in [1.54, 1.807) is 11.0 Å². The summed E-state index contributed by atoms with van der Waals surface area (Å²) >= 11 is 1.52. The second-order valence-electron chi connectivity index (χ2n) is 7.32. The van der Waals surface area contributed by atoms with E-state index in [-0.39, 0.29) is 11.8 Å². The molecule has 30 heavy (non-hydrogen) atoms. The number of benzene rings is 1. The number of aryl methyl sites for hydroxylation is 1. The molecule has 4 heterocycles. The van der Waals surface area contributed by atoms with E-state index >= 15 is 0 Å². The number of anilines is 2. The molecule has 3 aromatic heterocycles. The van der Waals surface area contributed by atoms with Gasteiger partial charge in [0.25, 0.3) is 0 Å². The molecule has 1 fully saturated rings. The first kappa shape index (κ1) is 18.6. The van der Waals surface area contributed by atoms with Gasteiger partial charge in [0.15, 0.2) is 10.9 Å². The first-order valence-electron chi connectivity index (χ1n) is 9.76. The van der Waals surface area contributed by atoms with Crippen LogP contribution in [0, 0.1) is 12.8 Å². The molecule has 0 aliphatic carbocycles. The van der Waals surface area contributed by atoms with Gasteiger partial charge in [-0.25, -0.2) is 24.6 Å². The van der Waals surface area contributed by atoms with Crippen LogP contribution >= 0.6 is 11.3 Å². The van der Waals surface area contributed by atoms with E-state index in [9.17, 15) is 4.79 Å². The highest BCUT2D eigenvalue weighted by Crippen LogP contribution is 2.28. The molecule has 1 aliphatic heterocycles. The quantitative estimate of drug-likeness (QED) is 0.542. The maximum absolute atomic E-state index is 12.8. The van der Waals surface area contributed by atoms with Crippen LogP contribution in [0.4, 0.5) is 10.9 Å². The number of amides is 1. The van der Waals surface area contributed by atoms with Crippen LogP contribution in [0.5, 0.6) is 0 Å². The summed E-state index contributed by atoms with van der Waals surface area (Å²) in [5, 5.41) is 7.78. The number of hydrogen-bond acceptors (Lipinski definition) is 8. The van der Waals surface area contributed by atoms with Gasteiger partial charge in [-0.15, -0.1) is 0 Å². The normalized spacial score (nSPS) is 14.9. The van der Waals surface area contributed by atoms with Gasteiger partial charge < -0.3 is 10.2 Å². The monoisotopic (exact) mass is 420 g/mol. The maximum atomic E-state index is 12.8. The van der Waals surface area contributed by atoms with Crippen LogP contribution < -0.4 is 10.2 Å². The third kappa shape index (κ3) is 3.73. The zero-order valence-corrected chi connectivity index (χ0v) is 17.2. The molecule has 4 aromatic rings. The molecule has 1 N–H and O–H groups in total. The molecule has 0 unspecified atom stereocenters. The number of thiazole rings is 1. The Labute approximate surface area is 176 Å². The van der Waals surface area contributed by atoms with Crippen molar-refractivity contribution in [1.82, 2.24) is 29.7 Å². The van der Waals surface area contributed by atoms with Crippen LogP contribution in [-0.4, -0.2) is 48.7 Å². The summed E-state index contributed by atoms with van der Waals surface area (Å²) in [5.41, 5.74) is 2.11. The third-order valence-electron chi connectivity index (χ3n) is 5.26. The van der Waals surface area contributed by atoms with Crippen molar-refractivity contribution < 1.29 is 4.79 Å². The largest absolute Gasteiger partial charge is 0.356 e. The van der Waals surface area contributed by atoms with Crippen LogP contribution in [0.3, 0.4) is 0 Å². The Morgan fingerprint density at radius 3 is 2.77 bits per heavy atom. The number of nitrogens with one attached hydrogen (secondary N) is 1. The highest BCUT2D eigenvalue weighted by atomic mass is 32.1. The summed E-state index contributed by atoms with van der Waals surface area (Å²) in [7, 11) is 0. The lowest BCUT2D eigenvalue weighted by atomic mass is 9.96. The summed E-state index contributed by atoms with van der Waals surface area (Å²) in [4.78, 5) is 32.0. The van der Waals surface area contributed by atoms with Gasteiger partial charge >= 0.3 is 0 Å². The zero-order chi connectivity index (χ0) is 20.5. The topological polar surface area (TPSA) is 102 Å². The Morgan fingerprint density at radius 2 is 1.97 bits per heavy atom. The fourth-order valence-corrected chi connectivity index (χ4v) is 4.59. The van der Waals surface area contributed by atoms with E-state index in [0.29, 0.717) is 10.9 Å². The standard InChI is InChI=1S/C20H20N8OS/c1-13-2-3-15-16(8-13)30-20(25-15)26-19(29)14-4-6-27(7-5-14)17-9-18(23-11-22-17)28-12-21-10-24-28/h2-3,8-12,14H,4-7H2,1H3,(H,25,26,29). The van der Waals surface area contributed by atoms with Crippen LogP contribution in [-0.2, 0) is 4.79 Å². The number of rotatable bonds is 4. The van der Waals surface area contributed by atoms with Crippen molar-refractivity contribution in [1.29, 1.82) is 0 Å². The molecule has 10 heteroatoms. The van der Waals surface area contributed by atoms with Crippen molar-refractivity contribution in [3.05, 3.63) is 48.8 Å². The molecule has 152 valence electrons. The van der Waals surface area contributed by atoms with Crippen molar-refractivity contribution >= 4 is 38.4 Å². The molecule has 0 spiro atoms. The van der Waals surface area contributed by atoms with Gasteiger partial charge in [-0.2, -0.15) is 5.10 Å². The Bertz CT molecular complexity index is 1180. The molecule has 1 amide bonds. The third-order valence-corrected chi connectivity index (χ3v) is 6.19. The average molecular weight is 421 g/mol. The SMILES string of the molecule is Cc1ccc2nc(NC(=O)C3CCN(c4cc(-n5cncn5)ncn4)CC3)sc2c1. The minimum Gasteiger partial charge on any atom is -0.356 e. The second-order valence-corrected chi connectivity index (χ2v) is 8.35. The molecule has 1 aliphatic rings. The first-order chi connectivity index (χ1) is 14.7. The van der Waals surface area contributed by atoms with Gasteiger partial charge in [-0.3, -0.25) is 4.79 Å². The molecule has 1 saturated heterocycles. The molecule has 0 radical (unpaired) electrons. The van der Waals surface area contributed by atoms with Crippen molar-refractivity contribution in [3.8, 4) is 5.82 Å². The molecular formula is C20H20N8OS. The van der Waals surface area contributed by atoms with E-state index in [4.69, 9.17) is 0 Å². The number of carbonyl (C=O) groups excluding carboxylic acids is 1. The van der Waals surface area contributed by atoms with Crippen LogP contribution in [0.25, 0.3) is 16.0 Å². The second kappa shape index (κ2) is 7.79. The molecule has 0 bridgehead atoms. The number of carbonyl (C=O) groups is 1. The van der Waals surface area contributed by atoms with Gasteiger partial charge in [0, 0.05) is 25.1 Å². The predicted octanol–water partition coefficient (Wildman–Crippen LogP) is 2.83. The summed E-state index contributed by atoms with van der Waals surface area (Å²) in [6.45, 7) is 3.56. The van der Waals surface area contributed by atoms with Crippen molar-refractivity contribution in [3.63, 3.8) is 0 Å². The zero-order valence-electron chi connectivity index (χ0n) is 16.4. The van der Waals surface area contributed by atoms with E-state index in [2.05, 4.69) is 48.2 Å². The fraction of sp³-hybridized carbons (Fsp3) is 0.300. The molecule has 5 rings (SSSR count). The lowest BCUT2D eigenvalue weighted by Crippen LogP contribution is -2.38. The van der Waals surface area contributed by atoms with Crippen LogP contribution in [0.15, 0.2) is 43.2 Å². The summed E-state index contributed by atoms with van der Waals surface area (Å²) in [6, 6.07) is 8.00. The van der Waals surface area contributed by atoms with Crippen LogP contribution in [0.2, 0.25) is 0 Å². The Hall–Kier alpha value is -3.40. The van der Waals surface area contributed by atoms with Crippen LogP contribution in [0.1, 0.15) is 18.4 Å². The number of nitrogens with zero attached hydrogens (tertiary/aromatic N) is 7. The number of fused-ring (bicyclic) bond motifs is 1. The lowest BCUT2D eigenvalue weighted by molar-refractivity contribution is -0.120. The summed E-state index contributed by atoms with van der Waals surface area (Å²) in [6.07, 6.45) is 6.13. The molecule has 0 atom stereocenters. The first-order valence-corrected chi connectivity index (χ1v) is 10.6.